The van der Waals surface area contributed by atoms with Gasteiger partial charge in [-0.2, -0.15) is 0 Å². The van der Waals surface area contributed by atoms with Crippen molar-refractivity contribution in [3.8, 4) is 0 Å². The van der Waals surface area contributed by atoms with Gasteiger partial charge in [-0.05, 0) is 44.8 Å². The highest BCUT2D eigenvalue weighted by Crippen LogP contribution is 2.30. The maximum absolute atomic E-state index is 11.1. The van der Waals surface area contributed by atoms with E-state index in [1.165, 1.54) is 38.5 Å². The van der Waals surface area contributed by atoms with Crippen LogP contribution >= 0.6 is 0 Å². The van der Waals surface area contributed by atoms with Gasteiger partial charge in [-0.3, -0.25) is 20.0 Å². The molecule has 6 nitrogen and oxygen atoms in total. The number of pyridine rings is 1. The second kappa shape index (κ2) is 5.75. The number of nitro groups is 1. The molecule has 3 rings (SSSR count). The molecular formula is C14H20N4O2. The van der Waals surface area contributed by atoms with Crippen LogP contribution in [0, 0.1) is 10.1 Å². The van der Waals surface area contributed by atoms with E-state index in [-0.39, 0.29) is 10.6 Å². The van der Waals surface area contributed by atoms with E-state index in [2.05, 4.69) is 14.8 Å². The molecule has 2 aliphatic rings. The predicted molar refractivity (Wildman–Crippen MR) is 76.9 cm³/mol. The molecule has 0 amide bonds. The summed E-state index contributed by atoms with van der Waals surface area (Å²) in [5, 5.41) is 11.1. The van der Waals surface area contributed by atoms with Crippen molar-refractivity contribution < 1.29 is 4.92 Å². The Morgan fingerprint density at radius 1 is 1.25 bits per heavy atom. The summed E-state index contributed by atoms with van der Waals surface area (Å²) in [6.07, 6.45) is 7.87. The molecule has 0 radical (unpaired) electrons. The van der Waals surface area contributed by atoms with E-state index in [9.17, 15) is 10.1 Å². The molecule has 20 heavy (non-hydrogen) atoms. The zero-order valence-corrected chi connectivity index (χ0v) is 11.6. The Bertz CT molecular complexity index is 488. The number of rotatable bonds is 3. The fraction of sp³-hybridized carbons (Fsp3) is 0.643. The van der Waals surface area contributed by atoms with Crippen LogP contribution in [0.25, 0.3) is 0 Å². The SMILES string of the molecule is O=[N+]([O-])c1cnccc1N1CCC[C@H](N2CCCC2)C1. The Balaban J connectivity index is 1.78. The monoisotopic (exact) mass is 276 g/mol. The quantitative estimate of drug-likeness (QED) is 0.624. The number of piperidine rings is 1. The van der Waals surface area contributed by atoms with Gasteiger partial charge in [0.15, 0.2) is 0 Å². The number of anilines is 1. The van der Waals surface area contributed by atoms with E-state index < -0.39 is 0 Å². The van der Waals surface area contributed by atoms with Crippen molar-refractivity contribution in [3.05, 3.63) is 28.6 Å². The Hall–Kier alpha value is -1.69. The molecule has 0 spiro atoms. The van der Waals surface area contributed by atoms with E-state index in [4.69, 9.17) is 0 Å². The minimum atomic E-state index is -0.332. The van der Waals surface area contributed by atoms with E-state index >= 15 is 0 Å². The summed E-state index contributed by atoms with van der Waals surface area (Å²) in [4.78, 5) is 19.4. The minimum Gasteiger partial charge on any atom is -0.364 e. The first kappa shape index (κ1) is 13.3. The number of hydrogen-bond donors (Lipinski definition) is 0. The van der Waals surface area contributed by atoms with Crippen LogP contribution in [-0.4, -0.2) is 47.0 Å². The van der Waals surface area contributed by atoms with Crippen LogP contribution < -0.4 is 4.90 Å². The van der Waals surface area contributed by atoms with Gasteiger partial charge in [-0.1, -0.05) is 0 Å². The summed E-state index contributed by atoms with van der Waals surface area (Å²) in [6.45, 7) is 4.15. The van der Waals surface area contributed by atoms with E-state index in [0.717, 1.165) is 19.5 Å². The van der Waals surface area contributed by atoms with Crippen LogP contribution in [0.2, 0.25) is 0 Å². The molecule has 108 valence electrons. The second-order valence-electron chi connectivity index (χ2n) is 5.61. The van der Waals surface area contributed by atoms with Crippen LogP contribution in [-0.2, 0) is 0 Å². The third kappa shape index (κ3) is 2.60. The molecule has 1 aromatic heterocycles. The van der Waals surface area contributed by atoms with Gasteiger partial charge in [-0.15, -0.1) is 0 Å². The van der Waals surface area contributed by atoms with Gasteiger partial charge in [-0.25, -0.2) is 0 Å². The van der Waals surface area contributed by atoms with E-state index in [1.54, 1.807) is 12.3 Å². The van der Waals surface area contributed by atoms with Crippen molar-refractivity contribution in [2.75, 3.05) is 31.1 Å². The van der Waals surface area contributed by atoms with Gasteiger partial charge >= 0.3 is 5.69 Å². The highest BCUT2D eigenvalue weighted by atomic mass is 16.6. The van der Waals surface area contributed by atoms with Gasteiger partial charge in [0.1, 0.15) is 11.9 Å². The lowest BCUT2D eigenvalue weighted by atomic mass is 10.0. The molecule has 0 saturated carbocycles. The molecule has 2 aliphatic heterocycles. The molecule has 2 fully saturated rings. The lowest BCUT2D eigenvalue weighted by Gasteiger charge is -2.38. The molecule has 0 N–H and O–H groups in total. The fourth-order valence-electron chi connectivity index (χ4n) is 3.37. The van der Waals surface area contributed by atoms with Gasteiger partial charge in [0, 0.05) is 25.3 Å². The van der Waals surface area contributed by atoms with Gasteiger partial charge < -0.3 is 4.90 Å². The molecule has 0 unspecified atom stereocenters. The van der Waals surface area contributed by atoms with Crippen molar-refractivity contribution in [3.63, 3.8) is 0 Å². The lowest BCUT2D eigenvalue weighted by molar-refractivity contribution is -0.384. The zero-order valence-electron chi connectivity index (χ0n) is 11.6. The third-order valence-corrected chi connectivity index (χ3v) is 4.37. The summed E-state index contributed by atoms with van der Waals surface area (Å²) in [5.74, 6) is 0. The van der Waals surface area contributed by atoms with Crippen LogP contribution in [0.1, 0.15) is 25.7 Å². The first-order valence-corrected chi connectivity index (χ1v) is 7.33. The first-order valence-electron chi connectivity index (χ1n) is 7.33. The smallest absolute Gasteiger partial charge is 0.310 e. The third-order valence-electron chi connectivity index (χ3n) is 4.37. The van der Waals surface area contributed by atoms with Crippen molar-refractivity contribution in [1.82, 2.24) is 9.88 Å². The Kier molecular flexibility index (Phi) is 3.82. The average Bonchev–Trinajstić information content (AvgIpc) is 3.01. The van der Waals surface area contributed by atoms with Crippen LogP contribution in [0.3, 0.4) is 0 Å². The highest BCUT2D eigenvalue weighted by molar-refractivity contribution is 5.62. The average molecular weight is 276 g/mol. The second-order valence-corrected chi connectivity index (χ2v) is 5.61. The number of nitrogens with zero attached hydrogens (tertiary/aromatic N) is 4. The Labute approximate surface area is 118 Å². The first-order chi connectivity index (χ1) is 9.75. The van der Waals surface area contributed by atoms with Crippen molar-refractivity contribution in [1.29, 1.82) is 0 Å². The molecule has 3 heterocycles. The predicted octanol–water partition coefficient (Wildman–Crippen LogP) is 2.05. The summed E-state index contributed by atoms with van der Waals surface area (Å²) >= 11 is 0. The summed E-state index contributed by atoms with van der Waals surface area (Å²) < 4.78 is 0. The maximum Gasteiger partial charge on any atom is 0.310 e. The number of aromatic nitrogens is 1. The van der Waals surface area contributed by atoms with Crippen LogP contribution in [0.4, 0.5) is 11.4 Å². The summed E-state index contributed by atoms with van der Waals surface area (Å²) in [7, 11) is 0. The number of hydrogen-bond acceptors (Lipinski definition) is 5. The molecule has 0 aromatic carbocycles. The molecular weight excluding hydrogens is 256 g/mol. The molecule has 1 aromatic rings. The number of likely N-dealkylation sites (tertiary alicyclic amines) is 1. The molecule has 2 saturated heterocycles. The Morgan fingerprint density at radius 2 is 2.05 bits per heavy atom. The zero-order chi connectivity index (χ0) is 13.9. The van der Waals surface area contributed by atoms with Crippen LogP contribution in [0.5, 0.6) is 0 Å². The topological polar surface area (TPSA) is 62.5 Å². The lowest BCUT2D eigenvalue weighted by Crippen LogP contribution is -2.47. The van der Waals surface area contributed by atoms with E-state index in [0.29, 0.717) is 11.7 Å². The maximum atomic E-state index is 11.1. The summed E-state index contributed by atoms with van der Waals surface area (Å²) in [6, 6.07) is 2.31. The molecule has 1 atom stereocenters. The fourth-order valence-corrected chi connectivity index (χ4v) is 3.37. The van der Waals surface area contributed by atoms with E-state index in [1.807, 2.05) is 0 Å². The van der Waals surface area contributed by atoms with Gasteiger partial charge in [0.25, 0.3) is 0 Å². The Morgan fingerprint density at radius 3 is 2.80 bits per heavy atom. The molecule has 0 bridgehead atoms. The van der Waals surface area contributed by atoms with Gasteiger partial charge in [0.05, 0.1) is 4.92 Å². The summed E-state index contributed by atoms with van der Waals surface area (Å²) in [5.41, 5.74) is 0.837. The van der Waals surface area contributed by atoms with Crippen molar-refractivity contribution >= 4 is 11.4 Å². The minimum absolute atomic E-state index is 0.120. The van der Waals surface area contributed by atoms with Crippen LogP contribution in [0.15, 0.2) is 18.5 Å². The molecule has 0 aliphatic carbocycles. The molecule has 6 heteroatoms. The van der Waals surface area contributed by atoms with Crippen molar-refractivity contribution in [2.45, 2.75) is 31.7 Å². The largest absolute Gasteiger partial charge is 0.364 e. The van der Waals surface area contributed by atoms with Gasteiger partial charge in [0.2, 0.25) is 0 Å². The highest BCUT2D eigenvalue weighted by Gasteiger charge is 2.29. The standard InChI is InChI=1S/C14H20N4O2/c19-18(20)14-10-15-6-5-13(14)17-9-3-4-12(11-17)16-7-1-2-8-16/h5-6,10,12H,1-4,7-9,11H2/t12-/m0/s1. The normalized spacial score (nSPS) is 24.0. The van der Waals surface area contributed by atoms with Crippen molar-refractivity contribution in [2.24, 2.45) is 0 Å².